The van der Waals surface area contributed by atoms with Gasteiger partial charge in [0.2, 0.25) is 0 Å². The van der Waals surface area contributed by atoms with Gasteiger partial charge in [0.05, 0.1) is 15.9 Å². The smallest absolute Gasteiger partial charge is 0.161 e. The standard InChI is InChI=1S/C46H28N2OS/c1-2-11-29(12-3-1)30-23-25-31(26-24-30)32-13-8-14-33(27-32)34-15-9-16-35(28-34)43-45-44(37-18-5-7-22-41(37)50-45)48-46(47-43)38-19-10-21-40-42(38)36-17-4-6-20-39(36)49-40/h1-28H. The number of thiophene rings is 1. The predicted octanol–water partition coefficient (Wildman–Crippen LogP) is 13.1. The van der Waals surface area contributed by atoms with Crippen LogP contribution < -0.4 is 0 Å². The summed E-state index contributed by atoms with van der Waals surface area (Å²) in [5, 5.41) is 3.24. The summed E-state index contributed by atoms with van der Waals surface area (Å²) >= 11 is 1.75. The van der Waals surface area contributed by atoms with Crippen molar-refractivity contribution in [2.45, 2.75) is 0 Å². The van der Waals surface area contributed by atoms with Gasteiger partial charge in [-0.1, -0.05) is 140 Å². The first-order valence-electron chi connectivity index (χ1n) is 16.7. The molecule has 50 heavy (non-hydrogen) atoms. The minimum Gasteiger partial charge on any atom is -0.456 e. The Labute approximate surface area is 292 Å². The minimum absolute atomic E-state index is 0.694. The van der Waals surface area contributed by atoms with E-state index in [9.17, 15) is 0 Å². The minimum atomic E-state index is 0.694. The zero-order valence-electron chi connectivity index (χ0n) is 26.9. The molecule has 0 aliphatic heterocycles. The van der Waals surface area contributed by atoms with Crippen LogP contribution in [0.1, 0.15) is 0 Å². The number of hydrogen-bond acceptors (Lipinski definition) is 4. The molecule has 0 atom stereocenters. The van der Waals surface area contributed by atoms with Gasteiger partial charge in [0.1, 0.15) is 11.2 Å². The van der Waals surface area contributed by atoms with Crippen LogP contribution in [0.5, 0.6) is 0 Å². The van der Waals surface area contributed by atoms with Crippen LogP contribution in [-0.2, 0) is 0 Å². The molecule has 7 aromatic carbocycles. The summed E-state index contributed by atoms with van der Waals surface area (Å²) in [7, 11) is 0. The number of para-hydroxylation sites is 1. The lowest BCUT2D eigenvalue weighted by molar-refractivity contribution is 0.669. The third-order valence-electron chi connectivity index (χ3n) is 9.52. The number of rotatable bonds is 5. The van der Waals surface area contributed by atoms with E-state index in [1.165, 1.54) is 27.0 Å². The summed E-state index contributed by atoms with van der Waals surface area (Å²) in [4.78, 5) is 10.6. The lowest BCUT2D eigenvalue weighted by Crippen LogP contribution is -1.94. The molecule has 0 N–H and O–H groups in total. The fourth-order valence-corrected chi connectivity index (χ4v) is 8.23. The molecular formula is C46H28N2OS. The maximum absolute atomic E-state index is 6.25. The molecule has 0 radical (unpaired) electrons. The summed E-state index contributed by atoms with van der Waals surface area (Å²) in [6.07, 6.45) is 0. The first-order chi connectivity index (χ1) is 24.8. The number of benzene rings is 7. The van der Waals surface area contributed by atoms with Crippen molar-refractivity contribution in [2.75, 3.05) is 0 Å². The summed E-state index contributed by atoms with van der Waals surface area (Å²) in [5.74, 6) is 0.694. The summed E-state index contributed by atoms with van der Waals surface area (Å²) < 4.78 is 8.54. The predicted molar refractivity (Wildman–Crippen MR) is 209 cm³/mol. The second-order valence-corrected chi connectivity index (χ2v) is 13.6. The number of aromatic nitrogens is 2. The van der Waals surface area contributed by atoms with Gasteiger partial charge in [0.15, 0.2) is 5.82 Å². The van der Waals surface area contributed by atoms with Gasteiger partial charge in [-0.25, -0.2) is 9.97 Å². The first kappa shape index (κ1) is 28.6. The second kappa shape index (κ2) is 11.7. The van der Waals surface area contributed by atoms with Crippen molar-refractivity contribution in [3.63, 3.8) is 0 Å². The van der Waals surface area contributed by atoms with Gasteiger partial charge in [-0.05, 0) is 63.7 Å². The van der Waals surface area contributed by atoms with E-state index in [4.69, 9.17) is 14.4 Å². The van der Waals surface area contributed by atoms with Crippen LogP contribution in [0.3, 0.4) is 0 Å². The molecule has 0 fully saturated rings. The molecule has 10 aromatic rings. The largest absolute Gasteiger partial charge is 0.456 e. The topological polar surface area (TPSA) is 38.9 Å². The van der Waals surface area contributed by atoms with E-state index >= 15 is 0 Å². The molecule has 3 heterocycles. The van der Waals surface area contributed by atoms with Gasteiger partial charge in [0.25, 0.3) is 0 Å². The Balaban J connectivity index is 1.11. The van der Waals surface area contributed by atoms with Gasteiger partial charge in [-0.3, -0.25) is 0 Å². The van der Waals surface area contributed by atoms with E-state index < -0.39 is 0 Å². The third kappa shape index (κ3) is 4.80. The maximum Gasteiger partial charge on any atom is 0.161 e. The van der Waals surface area contributed by atoms with Crippen molar-refractivity contribution in [3.8, 4) is 56.0 Å². The van der Waals surface area contributed by atoms with E-state index in [1.54, 1.807) is 11.3 Å². The molecule has 0 unspecified atom stereocenters. The monoisotopic (exact) mass is 656 g/mol. The lowest BCUT2D eigenvalue weighted by Gasteiger charge is -2.11. The maximum atomic E-state index is 6.25. The van der Waals surface area contributed by atoms with E-state index in [1.807, 2.05) is 24.3 Å². The first-order valence-corrected chi connectivity index (χ1v) is 17.6. The van der Waals surface area contributed by atoms with E-state index in [0.29, 0.717) is 5.82 Å². The van der Waals surface area contributed by atoms with Crippen molar-refractivity contribution in [1.29, 1.82) is 0 Å². The highest BCUT2D eigenvalue weighted by Gasteiger charge is 2.20. The van der Waals surface area contributed by atoms with Crippen LogP contribution in [0.25, 0.3) is 98.3 Å². The zero-order valence-corrected chi connectivity index (χ0v) is 27.7. The van der Waals surface area contributed by atoms with Crippen molar-refractivity contribution >= 4 is 53.6 Å². The lowest BCUT2D eigenvalue weighted by atomic mass is 9.96. The molecule has 0 saturated heterocycles. The van der Waals surface area contributed by atoms with Crippen LogP contribution in [0.15, 0.2) is 174 Å². The molecule has 3 aromatic heterocycles. The molecule has 10 rings (SSSR count). The van der Waals surface area contributed by atoms with Gasteiger partial charge in [-0.15, -0.1) is 11.3 Å². The highest BCUT2D eigenvalue weighted by atomic mass is 32.1. The second-order valence-electron chi connectivity index (χ2n) is 12.6. The number of furan rings is 1. The van der Waals surface area contributed by atoms with Crippen LogP contribution in [-0.4, -0.2) is 9.97 Å². The van der Waals surface area contributed by atoms with Gasteiger partial charge >= 0.3 is 0 Å². The summed E-state index contributed by atoms with van der Waals surface area (Å²) in [6.45, 7) is 0. The van der Waals surface area contributed by atoms with E-state index in [-0.39, 0.29) is 0 Å². The number of nitrogens with zero attached hydrogens (tertiary/aromatic N) is 2. The average Bonchev–Trinajstić information content (AvgIpc) is 3.77. The van der Waals surface area contributed by atoms with Gasteiger partial charge < -0.3 is 4.42 Å². The molecule has 0 amide bonds. The highest BCUT2D eigenvalue weighted by Crippen LogP contribution is 2.42. The summed E-state index contributed by atoms with van der Waals surface area (Å²) in [6, 6.07) is 59.7. The number of fused-ring (bicyclic) bond motifs is 6. The molecule has 0 aliphatic carbocycles. The third-order valence-corrected chi connectivity index (χ3v) is 10.7. The van der Waals surface area contributed by atoms with Gasteiger partial charge in [0, 0.05) is 32.0 Å². The van der Waals surface area contributed by atoms with E-state index in [2.05, 4.69) is 146 Å². The van der Waals surface area contributed by atoms with Crippen LogP contribution in [0, 0.1) is 0 Å². The Bertz CT molecular complexity index is 2870. The van der Waals surface area contributed by atoms with Crippen LogP contribution in [0.2, 0.25) is 0 Å². The molecule has 0 bridgehead atoms. The molecule has 0 saturated carbocycles. The van der Waals surface area contributed by atoms with Gasteiger partial charge in [-0.2, -0.15) is 0 Å². The molecule has 0 spiro atoms. The van der Waals surface area contributed by atoms with Crippen molar-refractivity contribution in [3.05, 3.63) is 170 Å². The quantitative estimate of drug-likeness (QED) is 0.185. The SMILES string of the molecule is c1ccc(-c2ccc(-c3cccc(-c4cccc(-c5nc(-c6cccc7oc8ccccc8c67)nc6c5sc5ccccc56)c4)c3)cc2)cc1. The molecule has 0 aliphatic rings. The Morgan fingerprint density at radius 3 is 1.78 bits per heavy atom. The Morgan fingerprint density at radius 2 is 0.980 bits per heavy atom. The average molecular weight is 657 g/mol. The fourth-order valence-electron chi connectivity index (χ4n) is 7.08. The van der Waals surface area contributed by atoms with Crippen LogP contribution >= 0.6 is 11.3 Å². The molecule has 234 valence electrons. The van der Waals surface area contributed by atoms with Crippen molar-refractivity contribution in [1.82, 2.24) is 9.97 Å². The zero-order chi connectivity index (χ0) is 33.0. The Morgan fingerprint density at radius 1 is 0.420 bits per heavy atom. The summed E-state index contributed by atoms with van der Waals surface area (Å²) in [5.41, 5.74) is 12.7. The normalized spacial score (nSPS) is 11.6. The fraction of sp³-hybridized carbons (Fsp3) is 0. The van der Waals surface area contributed by atoms with E-state index in [0.717, 1.165) is 65.5 Å². The highest BCUT2D eigenvalue weighted by molar-refractivity contribution is 7.26. The molecular weight excluding hydrogens is 629 g/mol. The Hall–Kier alpha value is -6.36. The molecule has 3 nitrogen and oxygen atoms in total. The number of hydrogen-bond donors (Lipinski definition) is 0. The van der Waals surface area contributed by atoms with Crippen LogP contribution in [0.4, 0.5) is 0 Å². The molecule has 4 heteroatoms. The van der Waals surface area contributed by atoms with Crippen molar-refractivity contribution < 1.29 is 4.42 Å². The Kier molecular flexibility index (Phi) is 6.68. The van der Waals surface area contributed by atoms with Crippen molar-refractivity contribution in [2.24, 2.45) is 0 Å².